The monoisotopic (exact) mass is 434 g/mol. The van der Waals surface area contributed by atoms with Gasteiger partial charge in [-0.3, -0.25) is 4.79 Å². The van der Waals surface area contributed by atoms with E-state index in [1.165, 1.54) is 12.1 Å². The smallest absolute Gasteiger partial charge is 0.231 e. The second kappa shape index (κ2) is 8.82. The molecule has 2 aliphatic rings. The SMILES string of the molecule is O=C(NCc1ccc2c(c1)OCO2)C1CCCN(c2ccnc(-c3ccc(F)cc3)n2)C1. The molecule has 8 heteroatoms. The van der Waals surface area contributed by atoms with Gasteiger partial charge in [0.1, 0.15) is 11.6 Å². The molecule has 0 radical (unpaired) electrons. The second-order valence-electron chi connectivity index (χ2n) is 7.94. The number of nitrogens with one attached hydrogen (secondary N) is 1. The van der Waals surface area contributed by atoms with Crippen LogP contribution in [0.15, 0.2) is 54.7 Å². The van der Waals surface area contributed by atoms with Gasteiger partial charge in [0, 0.05) is 31.4 Å². The summed E-state index contributed by atoms with van der Waals surface area (Å²) in [6.07, 6.45) is 3.43. The Morgan fingerprint density at radius 3 is 2.84 bits per heavy atom. The van der Waals surface area contributed by atoms with E-state index in [9.17, 15) is 9.18 Å². The van der Waals surface area contributed by atoms with E-state index in [0.717, 1.165) is 42.1 Å². The number of amides is 1. The van der Waals surface area contributed by atoms with Gasteiger partial charge in [0.25, 0.3) is 0 Å². The molecule has 1 aromatic heterocycles. The number of anilines is 1. The van der Waals surface area contributed by atoms with Crippen LogP contribution in [0.5, 0.6) is 11.5 Å². The highest BCUT2D eigenvalue weighted by atomic mass is 19.1. The largest absolute Gasteiger partial charge is 0.454 e. The molecular weight excluding hydrogens is 411 g/mol. The van der Waals surface area contributed by atoms with Crippen molar-refractivity contribution in [2.75, 3.05) is 24.8 Å². The summed E-state index contributed by atoms with van der Waals surface area (Å²) < 4.78 is 24.0. The number of halogens is 1. The molecule has 1 fully saturated rings. The molecule has 3 aromatic rings. The van der Waals surface area contributed by atoms with E-state index in [0.29, 0.717) is 24.7 Å². The quantitative estimate of drug-likeness (QED) is 0.662. The predicted octanol–water partition coefficient (Wildman–Crippen LogP) is 3.54. The Bertz CT molecular complexity index is 1120. The van der Waals surface area contributed by atoms with Crippen LogP contribution >= 0.6 is 0 Å². The van der Waals surface area contributed by atoms with Crippen LogP contribution in [0, 0.1) is 11.7 Å². The van der Waals surface area contributed by atoms with Gasteiger partial charge < -0.3 is 19.7 Å². The average Bonchev–Trinajstić information content (AvgIpc) is 3.31. The van der Waals surface area contributed by atoms with E-state index < -0.39 is 0 Å². The number of rotatable bonds is 5. The normalized spacial score (nSPS) is 17.3. The van der Waals surface area contributed by atoms with Gasteiger partial charge in [-0.1, -0.05) is 6.07 Å². The molecular formula is C24H23FN4O3. The highest BCUT2D eigenvalue weighted by Crippen LogP contribution is 2.32. The Labute approximate surface area is 185 Å². The van der Waals surface area contributed by atoms with Crippen molar-refractivity contribution in [2.24, 2.45) is 5.92 Å². The lowest BCUT2D eigenvalue weighted by atomic mass is 9.97. The third-order valence-electron chi connectivity index (χ3n) is 5.76. The van der Waals surface area contributed by atoms with Crippen LogP contribution in [0.1, 0.15) is 18.4 Å². The highest BCUT2D eigenvalue weighted by Gasteiger charge is 2.27. The van der Waals surface area contributed by atoms with E-state index in [2.05, 4.69) is 20.2 Å². The number of carbonyl (C=O) groups excluding carboxylic acids is 1. The van der Waals surface area contributed by atoms with Gasteiger partial charge >= 0.3 is 0 Å². The summed E-state index contributed by atoms with van der Waals surface area (Å²) >= 11 is 0. The molecule has 1 unspecified atom stereocenters. The Kier molecular flexibility index (Phi) is 5.58. The lowest BCUT2D eigenvalue weighted by molar-refractivity contribution is -0.125. The first-order chi connectivity index (χ1) is 15.7. The average molecular weight is 434 g/mol. The van der Waals surface area contributed by atoms with Crippen LogP contribution in [0.2, 0.25) is 0 Å². The molecule has 32 heavy (non-hydrogen) atoms. The fraction of sp³-hybridized carbons (Fsp3) is 0.292. The lowest BCUT2D eigenvalue weighted by Gasteiger charge is -2.33. The number of hydrogen-bond donors (Lipinski definition) is 1. The molecule has 5 rings (SSSR count). The molecule has 2 aliphatic heterocycles. The first-order valence-corrected chi connectivity index (χ1v) is 10.7. The number of aromatic nitrogens is 2. The maximum Gasteiger partial charge on any atom is 0.231 e. The van der Waals surface area contributed by atoms with Gasteiger partial charge in [0.05, 0.1) is 5.92 Å². The standard InChI is InChI=1S/C24H23FN4O3/c25-19-6-4-17(5-7-19)23-26-10-9-22(28-23)29-11-1-2-18(14-29)24(30)27-13-16-3-8-20-21(12-16)32-15-31-20/h3-10,12,18H,1-2,11,13-15H2,(H,27,30). The number of fused-ring (bicyclic) bond motifs is 1. The van der Waals surface area contributed by atoms with E-state index in [4.69, 9.17) is 9.47 Å². The predicted molar refractivity (Wildman–Crippen MR) is 117 cm³/mol. The molecule has 0 spiro atoms. The van der Waals surface area contributed by atoms with Gasteiger partial charge in [-0.2, -0.15) is 0 Å². The van der Waals surface area contributed by atoms with E-state index in [1.807, 2.05) is 24.3 Å². The summed E-state index contributed by atoms with van der Waals surface area (Å²) in [6, 6.07) is 13.7. The van der Waals surface area contributed by atoms with E-state index >= 15 is 0 Å². The molecule has 1 N–H and O–H groups in total. The van der Waals surface area contributed by atoms with Crippen molar-refractivity contribution < 1.29 is 18.7 Å². The maximum absolute atomic E-state index is 13.2. The zero-order valence-corrected chi connectivity index (χ0v) is 17.5. The Morgan fingerprint density at radius 2 is 1.97 bits per heavy atom. The fourth-order valence-corrected chi connectivity index (χ4v) is 4.05. The number of carbonyl (C=O) groups is 1. The van der Waals surface area contributed by atoms with Crippen molar-refractivity contribution >= 4 is 11.7 Å². The van der Waals surface area contributed by atoms with Crippen molar-refractivity contribution in [1.29, 1.82) is 0 Å². The molecule has 0 saturated carbocycles. The third kappa shape index (κ3) is 4.34. The number of ether oxygens (including phenoxy) is 2. The second-order valence-corrected chi connectivity index (χ2v) is 7.94. The summed E-state index contributed by atoms with van der Waals surface area (Å²) in [6.45, 7) is 2.09. The zero-order valence-electron chi connectivity index (χ0n) is 17.5. The lowest BCUT2D eigenvalue weighted by Crippen LogP contribution is -2.43. The van der Waals surface area contributed by atoms with Gasteiger partial charge in [-0.05, 0) is 60.9 Å². The van der Waals surface area contributed by atoms with Gasteiger partial charge in [0.15, 0.2) is 17.3 Å². The number of nitrogens with zero attached hydrogens (tertiary/aromatic N) is 3. The van der Waals surface area contributed by atoms with Gasteiger partial charge in [-0.25, -0.2) is 14.4 Å². The summed E-state index contributed by atoms with van der Waals surface area (Å²) in [7, 11) is 0. The van der Waals surface area contributed by atoms with Crippen molar-refractivity contribution in [3.63, 3.8) is 0 Å². The van der Waals surface area contributed by atoms with Crippen LogP contribution in [0.25, 0.3) is 11.4 Å². The molecule has 3 heterocycles. The van der Waals surface area contributed by atoms with Crippen LogP contribution in [-0.4, -0.2) is 35.8 Å². The van der Waals surface area contributed by atoms with Crippen LogP contribution in [-0.2, 0) is 11.3 Å². The van der Waals surface area contributed by atoms with Crippen LogP contribution < -0.4 is 19.7 Å². The van der Waals surface area contributed by atoms with E-state index in [1.54, 1.807) is 18.3 Å². The number of hydrogen-bond acceptors (Lipinski definition) is 6. The third-order valence-corrected chi connectivity index (χ3v) is 5.76. The summed E-state index contributed by atoms with van der Waals surface area (Å²) in [5, 5.41) is 3.04. The molecule has 0 aliphatic carbocycles. The van der Waals surface area contributed by atoms with Gasteiger partial charge in [-0.15, -0.1) is 0 Å². The van der Waals surface area contributed by atoms with Crippen molar-refractivity contribution in [1.82, 2.24) is 15.3 Å². The highest BCUT2D eigenvalue weighted by molar-refractivity contribution is 5.79. The Balaban J connectivity index is 1.23. The molecule has 1 atom stereocenters. The van der Waals surface area contributed by atoms with Crippen molar-refractivity contribution in [3.8, 4) is 22.9 Å². The molecule has 1 saturated heterocycles. The molecule has 164 valence electrons. The van der Waals surface area contributed by atoms with Crippen LogP contribution in [0.3, 0.4) is 0 Å². The van der Waals surface area contributed by atoms with Crippen molar-refractivity contribution in [3.05, 3.63) is 66.1 Å². The number of piperidine rings is 1. The minimum absolute atomic E-state index is 0.0279. The molecule has 1 amide bonds. The van der Waals surface area contributed by atoms with E-state index in [-0.39, 0.29) is 24.4 Å². The zero-order chi connectivity index (χ0) is 21.9. The minimum atomic E-state index is -0.296. The Morgan fingerprint density at radius 1 is 1.12 bits per heavy atom. The summed E-state index contributed by atoms with van der Waals surface area (Å²) in [4.78, 5) is 23.9. The first kappa shape index (κ1) is 20.2. The first-order valence-electron chi connectivity index (χ1n) is 10.7. The molecule has 0 bridgehead atoms. The summed E-state index contributed by atoms with van der Waals surface area (Å²) in [5.74, 6) is 2.36. The molecule has 2 aromatic carbocycles. The molecule has 7 nitrogen and oxygen atoms in total. The van der Waals surface area contributed by atoms with Crippen molar-refractivity contribution in [2.45, 2.75) is 19.4 Å². The summed E-state index contributed by atoms with van der Waals surface area (Å²) in [5.41, 5.74) is 1.72. The van der Waals surface area contributed by atoms with Crippen LogP contribution in [0.4, 0.5) is 10.2 Å². The fourth-order valence-electron chi connectivity index (χ4n) is 4.05. The topological polar surface area (TPSA) is 76.6 Å². The number of benzene rings is 2. The van der Waals surface area contributed by atoms with Gasteiger partial charge in [0.2, 0.25) is 12.7 Å². The Hall–Kier alpha value is -3.68. The minimum Gasteiger partial charge on any atom is -0.454 e. The maximum atomic E-state index is 13.2.